The number of carbonyl (C=O) groups is 1. The van der Waals surface area contributed by atoms with Crippen LogP contribution in [0.3, 0.4) is 0 Å². The molecular weight excluding hydrogens is 322 g/mol. The van der Waals surface area contributed by atoms with Crippen LogP contribution in [-0.4, -0.2) is 63.6 Å². The summed E-state index contributed by atoms with van der Waals surface area (Å²) in [5, 5.41) is 2.69. The van der Waals surface area contributed by atoms with Gasteiger partial charge in [0.1, 0.15) is 6.54 Å². The molecule has 9 nitrogen and oxygen atoms in total. The van der Waals surface area contributed by atoms with Crippen LogP contribution in [0.4, 0.5) is 11.6 Å². The lowest BCUT2D eigenvalue weighted by atomic mass is 10.3. The Bertz CT molecular complexity index is 795. The maximum atomic E-state index is 12.1. The van der Waals surface area contributed by atoms with Crippen molar-refractivity contribution in [3.05, 3.63) is 40.8 Å². The van der Waals surface area contributed by atoms with Gasteiger partial charge >= 0.3 is 0 Å². The van der Waals surface area contributed by atoms with Gasteiger partial charge < -0.3 is 15.1 Å². The first-order valence-corrected chi connectivity index (χ1v) is 8.10. The van der Waals surface area contributed by atoms with E-state index in [0.717, 1.165) is 26.2 Å². The molecule has 0 aromatic carbocycles. The number of aromatic nitrogens is 4. The normalized spacial score (nSPS) is 15.2. The number of nitrogens with zero attached hydrogens (tertiary/aromatic N) is 6. The fourth-order valence-electron chi connectivity index (χ4n) is 2.55. The van der Waals surface area contributed by atoms with Gasteiger partial charge in [0, 0.05) is 37.9 Å². The average molecular weight is 343 g/mol. The molecule has 1 N–H and O–H groups in total. The fraction of sp³-hybridized carbons (Fsp3) is 0.438. The van der Waals surface area contributed by atoms with E-state index in [-0.39, 0.29) is 18.0 Å². The summed E-state index contributed by atoms with van der Waals surface area (Å²) in [5.41, 5.74) is 0.856. The third-order valence-corrected chi connectivity index (χ3v) is 4.04. The highest BCUT2D eigenvalue weighted by molar-refractivity contribution is 5.90. The number of piperazine rings is 1. The SMILES string of the molecule is Cc1cc(=O)n(CC(=O)Nc2cnc(N3CCN(C)CC3)nc2)cn1. The van der Waals surface area contributed by atoms with E-state index < -0.39 is 0 Å². The minimum atomic E-state index is -0.330. The van der Waals surface area contributed by atoms with Crippen LogP contribution in [0.2, 0.25) is 0 Å². The highest BCUT2D eigenvalue weighted by atomic mass is 16.2. The summed E-state index contributed by atoms with van der Waals surface area (Å²) in [4.78, 5) is 40.9. The van der Waals surface area contributed by atoms with Gasteiger partial charge in [0.25, 0.3) is 5.56 Å². The van der Waals surface area contributed by atoms with E-state index in [9.17, 15) is 9.59 Å². The van der Waals surface area contributed by atoms with E-state index in [0.29, 0.717) is 17.3 Å². The second-order valence-corrected chi connectivity index (χ2v) is 6.11. The number of hydrogen-bond acceptors (Lipinski definition) is 7. The lowest BCUT2D eigenvalue weighted by Crippen LogP contribution is -2.45. The van der Waals surface area contributed by atoms with Crippen LogP contribution < -0.4 is 15.8 Å². The van der Waals surface area contributed by atoms with Crippen molar-refractivity contribution in [3.8, 4) is 0 Å². The van der Waals surface area contributed by atoms with Gasteiger partial charge in [-0.15, -0.1) is 0 Å². The zero-order valence-electron chi connectivity index (χ0n) is 14.3. The Morgan fingerprint density at radius 2 is 1.84 bits per heavy atom. The van der Waals surface area contributed by atoms with E-state index in [1.54, 1.807) is 19.3 Å². The van der Waals surface area contributed by atoms with E-state index in [1.165, 1.54) is 17.0 Å². The van der Waals surface area contributed by atoms with Crippen molar-refractivity contribution < 1.29 is 4.79 Å². The number of rotatable bonds is 4. The molecule has 132 valence electrons. The van der Waals surface area contributed by atoms with Crippen molar-refractivity contribution in [1.29, 1.82) is 0 Å². The molecule has 1 aliphatic rings. The third-order valence-electron chi connectivity index (χ3n) is 4.04. The Morgan fingerprint density at radius 1 is 1.16 bits per heavy atom. The van der Waals surface area contributed by atoms with Gasteiger partial charge in [-0.3, -0.25) is 14.2 Å². The molecule has 0 radical (unpaired) electrons. The highest BCUT2D eigenvalue weighted by Crippen LogP contribution is 2.12. The minimum Gasteiger partial charge on any atom is -0.338 e. The first-order chi connectivity index (χ1) is 12.0. The van der Waals surface area contributed by atoms with E-state index in [2.05, 4.69) is 37.1 Å². The second-order valence-electron chi connectivity index (χ2n) is 6.11. The zero-order chi connectivity index (χ0) is 17.8. The Hall–Kier alpha value is -2.81. The molecule has 0 bridgehead atoms. The van der Waals surface area contributed by atoms with Gasteiger partial charge in [0.2, 0.25) is 11.9 Å². The number of likely N-dealkylation sites (N-methyl/N-ethyl adjacent to an activating group) is 1. The number of aryl methyl sites for hydroxylation is 1. The van der Waals surface area contributed by atoms with E-state index in [1.807, 2.05) is 0 Å². The highest BCUT2D eigenvalue weighted by Gasteiger charge is 2.16. The van der Waals surface area contributed by atoms with Crippen LogP contribution in [0.15, 0.2) is 29.6 Å². The van der Waals surface area contributed by atoms with E-state index >= 15 is 0 Å². The molecular formula is C16H21N7O2. The van der Waals surface area contributed by atoms with Gasteiger partial charge in [-0.1, -0.05) is 0 Å². The van der Waals surface area contributed by atoms with Crippen molar-refractivity contribution in [2.45, 2.75) is 13.5 Å². The fourth-order valence-corrected chi connectivity index (χ4v) is 2.55. The molecule has 0 saturated carbocycles. The summed E-state index contributed by atoms with van der Waals surface area (Å²) in [5.74, 6) is 0.328. The van der Waals surface area contributed by atoms with Gasteiger partial charge in [-0.25, -0.2) is 15.0 Å². The van der Waals surface area contributed by atoms with Gasteiger partial charge in [0.05, 0.1) is 24.4 Å². The standard InChI is InChI=1S/C16H21N7O2/c1-12-7-15(25)23(11-19-12)10-14(24)20-13-8-17-16(18-9-13)22-5-3-21(2)4-6-22/h7-9,11H,3-6,10H2,1-2H3,(H,20,24). The monoisotopic (exact) mass is 343 g/mol. The molecule has 25 heavy (non-hydrogen) atoms. The van der Waals surface area contributed by atoms with Crippen LogP contribution in [0.25, 0.3) is 0 Å². The summed E-state index contributed by atoms with van der Waals surface area (Å²) in [6.07, 6.45) is 4.52. The topological polar surface area (TPSA) is 96.2 Å². The Balaban J connectivity index is 1.59. The van der Waals surface area contributed by atoms with E-state index in [4.69, 9.17) is 0 Å². The molecule has 0 aliphatic carbocycles. The number of hydrogen-bond donors (Lipinski definition) is 1. The first-order valence-electron chi connectivity index (χ1n) is 8.10. The number of anilines is 2. The van der Waals surface area contributed by atoms with Crippen LogP contribution in [0.1, 0.15) is 5.69 Å². The zero-order valence-corrected chi connectivity index (χ0v) is 14.3. The molecule has 1 fully saturated rings. The number of amides is 1. The second kappa shape index (κ2) is 7.39. The van der Waals surface area contributed by atoms with Crippen molar-refractivity contribution in [2.24, 2.45) is 0 Å². The first kappa shape index (κ1) is 17.0. The molecule has 1 saturated heterocycles. The van der Waals surface area contributed by atoms with Crippen molar-refractivity contribution in [3.63, 3.8) is 0 Å². The van der Waals surface area contributed by atoms with Crippen LogP contribution in [-0.2, 0) is 11.3 Å². The molecule has 2 aromatic rings. The maximum absolute atomic E-state index is 12.1. The van der Waals surface area contributed by atoms with Crippen LogP contribution in [0.5, 0.6) is 0 Å². The summed E-state index contributed by atoms with van der Waals surface area (Å²) >= 11 is 0. The smallest absolute Gasteiger partial charge is 0.253 e. The Morgan fingerprint density at radius 3 is 2.48 bits per heavy atom. The summed E-state index contributed by atoms with van der Waals surface area (Å²) in [6.45, 7) is 5.33. The van der Waals surface area contributed by atoms with Crippen molar-refractivity contribution in [2.75, 3.05) is 43.4 Å². The summed E-state index contributed by atoms with van der Waals surface area (Å²) in [6, 6.07) is 1.39. The average Bonchev–Trinajstić information content (AvgIpc) is 2.59. The lowest BCUT2D eigenvalue weighted by Gasteiger charge is -2.32. The molecule has 0 atom stereocenters. The molecule has 1 amide bonds. The molecule has 0 spiro atoms. The number of nitrogens with one attached hydrogen (secondary N) is 1. The van der Waals surface area contributed by atoms with Gasteiger partial charge in [-0.05, 0) is 14.0 Å². The maximum Gasteiger partial charge on any atom is 0.253 e. The molecule has 2 aromatic heterocycles. The largest absolute Gasteiger partial charge is 0.338 e. The van der Waals surface area contributed by atoms with Crippen molar-refractivity contribution in [1.82, 2.24) is 24.4 Å². The molecule has 3 heterocycles. The van der Waals surface area contributed by atoms with Gasteiger partial charge in [0.15, 0.2) is 0 Å². The van der Waals surface area contributed by atoms with Crippen molar-refractivity contribution >= 4 is 17.5 Å². The molecule has 9 heteroatoms. The molecule has 3 rings (SSSR count). The van der Waals surface area contributed by atoms with Crippen LogP contribution in [0, 0.1) is 6.92 Å². The Kier molecular flexibility index (Phi) is 5.03. The summed E-state index contributed by atoms with van der Waals surface area (Å²) in [7, 11) is 2.09. The Labute approximate surface area is 145 Å². The van der Waals surface area contributed by atoms with Gasteiger partial charge in [-0.2, -0.15) is 0 Å². The lowest BCUT2D eigenvalue weighted by molar-refractivity contribution is -0.116. The molecule has 0 unspecified atom stereocenters. The third kappa shape index (κ3) is 4.38. The summed E-state index contributed by atoms with van der Waals surface area (Å²) < 4.78 is 1.25. The molecule has 1 aliphatic heterocycles. The quantitative estimate of drug-likeness (QED) is 0.816. The minimum absolute atomic E-state index is 0.105. The van der Waals surface area contributed by atoms with Crippen LogP contribution >= 0.6 is 0 Å². The predicted molar refractivity (Wildman–Crippen MR) is 93.6 cm³/mol. The predicted octanol–water partition coefficient (Wildman–Crippen LogP) is -0.268. The number of carbonyl (C=O) groups excluding carboxylic acids is 1.